The van der Waals surface area contributed by atoms with Crippen LogP contribution in [0.25, 0.3) is 20.7 Å². The zero-order chi connectivity index (χ0) is 15.9. The van der Waals surface area contributed by atoms with Gasteiger partial charge in [0.1, 0.15) is 17.3 Å². The molecule has 3 nitrogen and oxygen atoms in total. The number of rotatable bonds is 4. The van der Waals surface area contributed by atoms with E-state index >= 15 is 0 Å². The predicted octanol–water partition coefficient (Wildman–Crippen LogP) is 4.59. The molecule has 0 amide bonds. The summed E-state index contributed by atoms with van der Waals surface area (Å²) >= 11 is 3.14. The van der Waals surface area contributed by atoms with Crippen LogP contribution in [-0.2, 0) is 6.54 Å². The van der Waals surface area contributed by atoms with Crippen LogP contribution in [0.2, 0.25) is 0 Å². The molecule has 0 radical (unpaired) electrons. The molecule has 0 atom stereocenters. The first-order valence-electron chi connectivity index (χ1n) is 7.18. The molecular formula is C16H17FN2OS2. The van der Waals surface area contributed by atoms with Gasteiger partial charge in [-0.1, -0.05) is 19.9 Å². The molecule has 0 aliphatic heterocycles. The molecule has 6 heteroatoms. The van der Waals surface area contributed by atoms with Crippen LogP contribution in [0.5, 0.6) is 0 Å². The second-order valence-corrected chi connectivity index (χ2v) is 7.61. The molecule has 0 fully saturated rings. The van der Waals surface area contributed by atoms with E-state index in [0.29, 0.717) is 11.2 Å². The highest BCUT2D eigenvalue weighted by Gasteiger charge is 2.21. The van der Waals surface area contributed by atoms with Gasteiger partial charge in [0.2, 0.25) is 0 Å². The maximum Gasteiger partial charge on any atom is 0.263 e. The lowest BCUT2D eigenvalue weighted by atomic mass is 10.1. The number of hydrogen-bond donors (Lipinski definition) is 0. The topological polar surface area (TPSA) is 34.9 Å². The first kappa shape index (κ1) is 15.4. The summed E-state index contributed by atoms with van der Waals surface area (Å²) in [5.74, 6) is 0.741. The molecule has 0 N–H and O–H groups in total. The number of hydrogen-bond acceptors (Lipinski definition) is 4. The van der Waals surface area contributed by atoms with Crippen LogP contribution in [0, 0.1) is 6.92 Å². The Hall–Kier alpha value is -1.53. The summed E-state index contributed by atoms with van der Waals surface area (Å²) in [5, 5.41) is 2.62. The second kappa shape index (κ2) is 5.93. The van der Waals surface area contributed by atoms with Crippen LogP contribution in [0.1, 0.15) is 30.5 Å². The Morgan fingerprint density at radius 1 is 1.41 bits per heavy atom. The van der Waals surface area contributed by atoms with E-state index in [9.17, 15) is 9.18 Å². The molecular weight excluding hydrogens is 319 g/mol. The lowest BCUT2D eigenvalue weighted by Gasteiger charge is -2.13. The Morgan fingerprint density at radius 2 is 2.18 bits per heavy atom. The molecule has 0 saturated heterocycles. The molecule has 116 valence electrons. The molecule has 0 saturated carbocycles. The average molecular weight is 336 g/mol. The quantitative estimate of drug-likeness (QED) is 0.698. The van der Waals surface area contributed by atoms with Gasteiger partial charge in [-0.15, -0.1) is 22.7 Å². The SMILES string of the molecule is Cc1sc2nc(C(C)C)n(CCF)c(=O)c2c1-c1cccs1. The Balaban J connectivity index is 2.39. The summed E-state index contributed by atoms with van der Waals surface area (Å²) < 4.78 is 14.4. The standard InChI is InChI=1S/C16H17FN2OS2/c1-9(2)14-18-15-13(16(20)19(14)7-6-17)12(10(3)22-15)11-5-4-8-21-11/h4-5,8-9H,6-7H2,1-3H3. The third kappa shape index (κ3) is 2.40. The van der Waals surface area contributed by atoms with E-state index in [4.69, 9.17) is 0 Å². The fraction of sp³-hybridized carbons (Fsp3) is 0.375. The normalized spacial score (nSPS) is 11.7. The highest BCUT2D eigenvalue weighted by Crippen LogP contribution is 2.38. The summed E-state index contributed by atoms with van der Waals surface area (Å²) in [6.07, 6.45) is 0. The van der Waals surface area contributed by atoms with Crippen LogP contribution in [0.3, 0.4) is 0 Å². The lowest BCUT2D eigenvalue weighted by molar-refractivity contribution is 0.428. The lowest BCUT2D eigenvalue weighted by Crippen LogP contribution is -2.26. The molecule has 0 bridgehead atoms. The van der Waals surface area contributed by atoms with Gasteiger partial charge in [0.05, 0.1) is 11.9 Å². The minimum atomic E-state index is -0.565. The molecule has 0 spiro atoms. The van der Waals surface area contributed by atoms with Crippen molar-refractivity contribution in [2.45, 2.75) is 33.2 Å². The molecule has 3 heterocycles. The molecule has 3 aromatic heterocycles. The van der Waals surface area contributed by atoms with E-state index in [1.54, 1.807) is 11.3 Å². The van der Waals surface area contributed by atoms with Gasteiger partial charge < -0.3 is 0 Å². The average Bonchev–Trinajstić information content (AvgIpc) is 3.08. The van der Waals surface area contributed by atoms with E-state index in [2.05, 4.69) is 4.98 Å². The zero-order valence-corrected chi connectivity index (χ0v) is 14.4. The molecule has 0 aromatic carbocycles. The third-order valence-electron chi connectivity index (χ3n) is 3.61. The van der Waals surface area contributed by atoms with Crippen LogP contribution >= 0.6 is 22.7 Å². The summed E-state index contributed by atoms with van der Waals surface area (Å²) in [5.41, 5.74) is 0.828. The van der Waals surface area contributed by atoms with Crippen molar-refractivity contribution in [2.24, 2.45) is 0 Å². The van der Waals surface area contributed by atoms with Gasteiger partial charge in [0, 0.05) is 21.2 Å². The maximum atomic E-state index is 12.9. The van der Waals surface area contributed by atoms with E-state index < -0.39 is 6.67 Å². The van der Waals surface area contributed by atoms with Crippen molar-refractivity contribution in [1.82, 2.24) is 9.55 Å². The van der Waals surface area contributed by atoms with Crippen molar-refractivity contribution in [2.75, 3.05) is 6.67 Å². The summed E-state index contributed by atoms with van der Waals surface area (Å²) in [4.78, 5) is 20.5. The Labute approximate surface area is 136 Å². The number of thiophene rings is 2. The Morgan fingerprint density at radius 3 is 2.77 bits per heavy atom. The Kier molecular flexibility index (Phi) is 4.14. The third-order valence-corrected chi connectivity index (χ3v) is 5.50. The first-order valence-corrected chi connectivity index (χ1v) is 8.87. The van der Waals surface area contributed by atoms with Crippen LogP contribution in [0.4, 0.5) is 4.39 Å². The largest absolute Gasteiger partial charge is 0.293 e. The smallest absolute Gasteiger partial charge is 0.263 e. The van der Waals surface area contributed by atoms with E-state index in [1.165, 1.54) is 15.9 Å². The number of fused-ring (bicyclic) bond motifs is 1. The van der Waals surface area contributed by atoms with Crippen LogP contribution in [-0.4, -0.2) is 16.2 Å². The van der Waals surface area contributed by atoms with Crippen molar-refractivity contribution >= 4 is 32.9 Å². The van der Waals surface area contributed by atoms with E-state index in [1.807, 2.05) is 38.3 Å². The van der Waals surface area contributed by atoms with Crippen LogP contribution in [0.15, 0.2) is 22.3 Å². The molecule has 3 aromatic rings. The van der Waals surface area contributed by atoms with Gasteiger partial charge in [0.25, 0.3) is 5.56 Å². The maximum absolute atomic E-state index is 12.9. The number of halogens is 1. The number of aryl methyl sites for hydroxylation is 1. The minimum Gasteiger partial charge on any atom is -0.293 e. The molecule has 22 heavy (non-hydrogen) atoms. The van der Waals surface area contributed by atoms with Crippen molar-refractivity contribution < 1.29 is 4.39 Å². The first-order chi connectivity index (χ1) is 10.5. The summed E-state index contributed by atoms with van der Waals surface area (Å²) in [6, 6.07) is 3.98. The summed E-state index contributed by atoms with van der Waals surface area (Å²) in [7, 11) is 0. The number of alkyl halides is 1. The monoisotopic (exact) mass is 336 g/mol. The van der Waals surface area contributed by atoms with Gasteiger partial charge in [-0.2, -0.15) is 0 Å². The molecule has 0 unspecified atom stereocenters. The predicted molar refractivity (Wildman–Crippen MR) is 92.0 cm³/mol. The van der Waals surface area contributed by atoms with Crippen molar-refractivity contribution in [3.05, 3.63) is 38.6 Å². The fourth-order valence-electron chi connectivity index (χ4n) is 2.67. The van der Waals surface area contributed by atoms with Gasteiger partial charge >= 0.3 is 0 Å². The van der Waals surface area contributed by atoms with Gasteiger partial charge in [-0.3, -0.25) is 9.36 Å². The molecule has 0 aliphatic rings. The van der Waals surface area contributed by atoms with Crippen molar-refractivity contribution in [3.63, 3.8) is 0 Å². The highest BCUT2D eigenvalue weighted by atomic mass is 32.1. The molecule has 3 rings (SSSR count). The summed E-state index contributed by atoms with van der Waals surface area (Å²) in [6.45, 7) is 5.46. The van der Waals surface area contributed by atoms with Crippen molar-refractivity contribution in [3.8, 4) is 10.4 Å². The highest BCUT2D eigenvalue weighted by molar-refractivity contribution is 7.20. The van der Waals surface area contributed by atoms with E-state index in [-0.39, 0.29) is 18.0 Å². The number of aromatic nitrogens is 2. The number of nitrogens with zero attached hydrogens (tertiary/aromatic N) is 2. The minimum absolute atomic E-state index is 0.0636. The van der Waals surface area contributed by atoms with Crippen molar-refractivity contribution in [1.29, 1.82) is 0 Å². The van der Waals surface area contributed by atoms with Gasteiger partial charge in [-0.05, 0) is 18.4 Å². The zero-order valence-electron chi connectivity index (χ0n) is 12.7. The van der Waals surface area contributed by atoms with Crippen LogP contribution < -0.4 is 5.56 Å². The Bertz CT molecular complexity index is 863. The second-order valence-electron chi connectivity index (χ2n) is 5.46. The van der Waals surface area contributed by atoms with Gasteiger partial charge in [0.15, 0.2) is 0 Å². The van der Waals surface area contributed by atoms with E-state index in [0.717, 1.165) is 20.1 Å². The fourth-order valence-corrected chi connectivity index (χ4v) is 4.60. The molecule has 0 aliphatic carbocycles. The van der Waals surface area contributed by atoms with Gasteiger partial charge in [-0.25, -0.2) is 9.37 Å².